The lowest BCUT2D eigenvalue weighted by molar-refractivity contribution is 0.587. The number of aromatic nitrogens is 1. The zero-order valence-corrected chi connectivity index (χ0v) is 17.0. The van der Waals surface area contributed by atoms with E-state index in [9.17, 15) is 0 Å². The third-order valence-electron chi connectivity index (χ3n) is 4.39. The molecule has 2 aromatic heterocycles. The number of thiophene rings is 1. The fraction of sp³-hybridized carbons (Fsp3) is 0.600. The molecule has 0 aliphatic heterocycles. The summed E-state index contributed by atoms with van der Waals surface area (Å²) in [5, 5.41) is 0. The van der Waals surface area contributed by atoms with Crippen LogP contribution < -0.4 is 0 Å². The number of aryl methyl sites for hydroxylation is 2. The van der Waals surface area contributed by atoms with Crippen molar-refractivity contribution in [2.45, 2.75) is 78.2 Å². The smallest absolute Gasteiger partial charge is 0.0737 e. The maximum absolute atomic E-state index is 3.78. The Balaban J connectivity index is 1.97. The number of nitrogens with zero attached hydrogens (tertiary/aromatic N) is 1. The molecule has 0 atom stereocenters. The highest BCUT2D eigenvalue weighted by atomic mass is 79.9. The van der Waals surface area contributed by atoms with Gasteiger partial charge in [-0.3, -0.25) is 0 Å². The van der Waals surface area contributed by atoms with Crippen molar-refractivity contribution >= 4 is 27.3 Å². The molecule has 23 heavy (non-hydrogen) atoms. The van der Waals surface area contributed by atoms with Crippen molar-refractivity contribution in [2.75, 3.05) is 0 Å². The molecule has 2 rings (SSSR count). The van der Waals surface area contributed by atoms with Crippen molar-refractivity contribution in [2.24, 2.45) is 0 Å². The zero-order chi connectivity index (χ0) is 16.5. The van der Waals surface area contributed by atoms with Crippen LogP contribution in [0.25, 0.3) is 10.6 Å². The van der Waals surface area contributed by atoms with Gasteiger partial charge in [-0.2, -0.15) is 0 Å². The topological polar surface area (TPSA) is 4.93 Å². The van der Waals surface area contributed by atoms with Crippen LogP contribution in [0.15, 0.2) is 28.2 Å². The molecule has 2 aromatic rings. The maximum Gasteiger partial charge on any atom is 0.0737 e. The second-order valence-electron chi connectivity index (χ2n) is 6.37. The summed E-state index contributed by atoms with van der Waals surface area (Å²) in [7, 11) is 0. The Hall–Kier alpha value is -0.540. The van der Waals surface area contributed by atoms with Gasteiger partial charge in [0, 0.05) is 12.7 Å². The predicted molar refractivity (Wildman–Crippen MR) is 107 cm³/mol. The first-order valence-corrected chi connectivity index (χ1v) is 10.8. The van der Waals surface area contributed by atoms with Crippen molar-refractivity contribution < 1.29 is 0 Å². The Morgan fingerprint density at radius 2 is 1.74 bits per heavy atom. The third-order valence-corrected chi connectivity index (χ3v) is 6.37. The first kappa shape index (κ1) is 18.8. The van der Waals surface area contributed by atoms with Gasteiger partial charge < -0.3 is 4.57 Å². The molecule has 0 saturated heterocycles. The number of hydrogen-bond acceptors (Lipinski definition) is 1. The van der Waals surface area contributed by atoms with Gasteiger partial charge in [0.25, 0.3) is 0 Å². The Bertz CT molecular complexity index is 570. The number of hydrogen-bond donors (Lipinski definition) is 0. The van der Waals surface area contributed by atoms with Gasteiger partial charge in [0.15, 0.2) is 0 Å². The van der Waals surface area contributed by atoms with E-state index in [4.69, 9.17) is 0 Å². The molecule has 1 nitrogen and oxygen atoms in total. The lowest BCUT2D eigenvalue weighted by Crippen LogP contribution is -1.97. The Morgan fingerprint density at radius 1 is 1.00 bits per heavy atom. The fourth-order valence-electron chi connectivity index (χ4n) is 2.99. The van der Waals surface area contributed by atoms with E-state index in [-0.39, 0.29) is 0 Å². The monoisotopic (exact) mass is 395 g/mol. The van der Waals surface area contributed by atoms with Crippen molar-refractivity contribution in [3.05, 3.63) is 33.7 Å². The minimum Gasteiger partial charge on any atom is -0.347 e. The second-order valence-corrected chi connectivity index (χ2v) is 8.74. The average molecular weight is 396 g/mol. The molecule has 2 heterocycles. The van der Waals surface area contributed by atoms with Crippen LogP contribution in [0, 0.1) is 0 Å². The molecule has 0 aliphatic carbocycles. The molecule has 0 amide bonds. The molecule has 0 saturated carbocycles. The summed E-state index contributed by atoms with van der Waals surface area (Å²) in [6.07, 6.45) is 14.0. The van der Waals surface area contributed by atoms with E-state index in [1.54, 1.807) is 0 Å². The summed E-state index contributed by atoms with van der Waals surface area (Å²) in [6.45, 7) is 5.68. The largest absolute Gasteiger partial charge is 0.347 e. The molecule has 3 heteroatoms. The molecule has 0 bridgehead atoms. The summed E-state index contributed by atoms with van der Waals surface area (Å²) in [5.41, 5.74) is 2.87. The van der Waals surface area contributed by atoms with Crippen LogP contribution in [0.3, 0.4) is 0 Å². The minimum absolute atomic E-state index is 1.14. The van der Waals surface area contributed by atoms with Gasteiger partial charge in [0.2, 0.25) is 0 Å². The fourth-order valence-corrected chi connectivity index (χ4v) is 4.80. The van der Waals surface area contributed by atoms with Crippen LogP contribution in [0.2, 0.25) is 0 Å². The van der Waals surface area contributed by atoms with Gasteiger partial charge in [0.05, 0.1) is 14.4 Å². The minimum atomic E-state index is 1.14. The average Bonchev–Trinajstić information content (AvgIpc) is 3.15. The number of unbranched alkanes of at least 4 members (excludes halogenated alkanes) is 6. The highest BCUT2D eigenvalue weighted by Gasteiger charge is 2.11. The van der Waals surface area contributed by atoms with Gasteiger partial charge in [-0.1, -0.05) is 52.4 Å². The lowest BCUT2D eigenvalue weighted by atomic mass is 10.1. The summed E-state index contributed by atoms with van der Waals surface area (Å²) in [4.78, 5) is 1.41. The van der Waals surface area contributed by atoms with Crippen molar-refractivity contribution in [3.8, 4) is 10.6 Å². The maximum atomic E-state index is 3.78. The molecule has 0 N–H and O–H groups in total. The van der Waals surface area contributed by atoms with E-state index in [1.807, 2.05) is 11.3 Å². The van der Waals surface area contributed by atoms with Gasteiger partial charge >= 0.3 is 0 Å². The number of rotatable bonds is 11. The van der Waals surface area contributed by atoms with E-state index >= 15 is 0 Å². The highest BCUT2D eigenvalue weighted by molar-refractivity contribution is 9.11. The summed E-state index contributed by atoms with van der Waals surface area (Å²) >= 11 is 5.67. The van der Waals surface area contributed by atoms with E-state index in [2.05, 4.69) is 58.7 Å². The molecule has 0 radical (unpaired) electrons. The molecule has 0 aliphatic rings. The van der Waals surface area contributed by atoms with Crippen LogP contribution in [0.1, 0.15) is 70.8 Å². The van der Waals surface area contributed by atoms with E-state index < -0.39 is 0 Å². The normalized spacial score (nSPS) is 11.3. The zero-order valence-electron chi connectivity index (χ0n) is 14.6. The van der Waals surface area contributed by atoms with E-state index in [1.165, 1.54) is 77.7 Å². The third kappa shape index (κ3) is 5.79. The van der Waals surface area contributed by atoms with Crippen LogP contribution in [0.4, 0.5) is 0 Å². The van der Waals surface area contributed by atoms with Gasteiger partial charge in [0.1, 0.15) is 0 Å². The Labute approximate surface area is 154 Å². The standard InChI is InChI=1S/C20H30BrNS/c1-3-5-7-9-12-17-16-19(23-20(17)21)18-13-11-15-22(18)14-10-8-6-4-2/h11,13,15-16H,3-10,12,14H2,1-2H3. The molecule has 0 unspecified atom stereocenters. The van der Waals surface area contributed by atoms with Crippen LogP contribution in [-0.4, -0.2) is 4.57 Å². The molecular weight excluding hydrogens is 366 g/mol. The Kier molecular flexibility index (Phi) is 8.46. The van der Waals surface area contributed by atoms with Gasteiger partial charge in [-0.25, -0.2) is 0 Å². The van der Waals surface area contributed by atoms with Crippen LogP contribution >= 0.6 is 27.3 Å². The summed E-state index contributed by atoms with van der Waals surface area (Å²) < 4.78 is 3.75. The van der Waals surface area contributed by atoms with Crippen molar-refractivity contribution in [3.63, 3.8) is 0 Å². The Morgan fingerprint density at radius 3 is 2.48 bits per heavy atom. The first-order chi connectivity index (χ1) is 11.3. The van der Waals surface area contributed by atoms with Crippen LogP contribution in [0.5, 0.6) is 0 Å². The van der Waals surface area contributed by atoms with Crippen LogP contribution in [-0.2, 0) is 13.0 Å². The molecule has 0 fully saturated rings. The summed E-state index contributed by atoms with van der Waals surface area (Å²) in [5.74, 6) is 0. The predicted octanol–water partition coefficient (Wildman–Crippen LogP) is 7.68. The SMILES string of the molecule is CCCCCCc1cc(-c2cccn2CCCCCC)sc1Br. The van der Waals surface area contributed by atoms with Crippen molar-refractivity contribution in [1.82, 2.24) is 4.57 Å². The molecule has 128 valence electrons. The first-order valence-electron chi connectivity index (χ1n) is 9.20. The lowest BCUT2D eigenvalue weighted by Gasteiger charge is -2.07. The quantitative estimate of drug-likeness (QED) is 0.343. The van der Waals surface area contributed by atoms with Gasteiger partial charge in [-0.15, -0.1) is 11.3 Å². The van der Waals surface area contributed by atoms with E-state index in [0.717, 1.165) is 6.54 Å². The molecular formula is C20H30BrNS. The second kappa shape index (κ2) is 10.4. The highest BCUT2D eigenvalue weighted by Crippen LogP contribution is 2.36. The van der Waals surface area contributed by atoms with E-state index in [0.29, 0.717) is 0 Å². The summed E-state index contributed by atoms with van der Waals surface area (Å²) in [6, 6.07) is 6.85. The molecule has 0 spiro atoms. The molecule has 0 aromatic carbocycles. The van der Waals surface area contributed by atoms with Crippen molar-refractivity contribution in [1.29, 1.82) is 0 Å². The number of halogens is 1. The van der Waals surface area contributed by atoms with Gasteiger partial charge in [-0.05, 0) is 59.0 Å².